The Kier molecular flexibility index (Phi) is 3.32. The molecular weight excluding hydrogens is 288 g/mol. The lowest BCUT2D eigenvalue weighted by atomic mass is 10.0. The van der Waals surface area contributed by atoms with Gasteiger partial charge in [-0.3, -0.25) is 0 Å². The molecule has 0 atom stereocenters. The van der Waals surface area contributed by atoms with Gasteiger partial charge in [0.2, 0.25) is 5.95 Å². The average Bonchev–Trinajstić information content (AvgIpc) is 2.48. The van der Waals surface area contributed by atoms with Gasteiger partial charge >= 0.3 is 0 Å². The van der Waals surface area contributed by atoms with E-state index in [-0.39, 0.29) is 5.95 Å². The van der Waals surface area contributed by atoms with E-state index in [0.717, 1.165) is 27.6 Å². The number of hydrogen-bond acceptors (Lipinski definition) is 6. The standard InChI is InChI=1S/C14H13ClN6/c1-7-4-9(6-18-12(7)15)8-2-3-11-10(5-8)13(21-17)20-14(16)19-11/h2-6H,17H2,1H3,(H3,16,19,20,21). The van der Waals surface area contributed by atoms with Gasteiger partial charge in [0.05, 0.1) is 5.52 Å². The molecule has 6 nitrogen and oxygen atoms in total. The Labute approximate surface area is 126 Å². The number of halogens is 1. The highest BCUT2D eigenvalue weighted by Crippen LogP contribution is 2.28. The zero-order chi connectivity index (χ0) is 15.0. The van der Waals surface area contributed by atoms with E-state index >= 15 is 0 Å². The van der Waals surface area contributed by atoms with Crippen LogP contribution in [0.25, 0.3) is 22.0 Å². The Balaban J connectivity index is 2.20. The normalized spacial score (nSPS) is 10.8. The quantitative estimate of drug-likeness (QED) is 0.382. The van der Waals surface area contributed by atoms with E-state index in [1.807, 2.05) is 31.2 Å². The van der Waals surface area contributed by atoms with Gasteiger partial charge < -0.3 is 11.2 Å². The van der Waals surface area contributed by atoms with Gasteiger partial charge in [0, 0.05) is 17.1 Å². The summed E-state index contributed by atoms with van der Waals surface area (Å²) in [7, 11) is 0. The predicted octanol–water partition coefficient (Wildman–Crippen LogP) is 2.52. The van der Waals surface area contributed by atoms with Crippen LogP contribution in [0.3, 0.4) is 0 Å². The number of aromatic nitrogens is 3. The summed E-state index contributed by atoms with van der Waals surface area (Å²) in [5.74, 6) is 6.15. The smallest absolute Gasteiger partial charge is 0.222 e. The summed E-state index contributed by atoms with van der Waals surface area (Å²) >= 11 is 5.96. The van der Waals surface area contributed by atoms with E-state index < -0.39 is 0 Å². The van der Waals surface area contributed by atoms with Gasteiger partial charge in [-0.15, -0.1) is 0 Å². The molecule has 0 aliphatic rings. The molecule has 3 rings (SSSR count). The van der Waals surface area contributed by atoms with E-state index in [0.29, 0.717) is 11.0 Å². The van der Waals surface area contributed by atoms with Crippen molar-refractivity contribution in [1.82, 2.24) is 15.0 Å². The van der Waals surface area contributed by atoms with Gasteiger partial charge in [-0.05, 0) is 36.2 Å². The Morgan fingerprint density at radius 1 is 1.14 bits per heavy atom. The minimum absolute atomic E-state index is 0.173. The zero-order valence-corrected chi connectivity index (χ0v) is 12.0. The Hall–Kier alpha value is -2.44. The molecule has 2 aromatic heterocycles. The number of hydrogen-bond donors (Lipinski definition) is 3. The first kappa shape index (κ1) is 13.5. The van der Waals surface area contributed by atoms with Crippen molar-refractivity contribution in [3.05, 3.63) is 41.2 Å². The molecule has 1 aromatic carbocycles. The van der Waals surface area contributed by atoms with Crippen molar-refractivity contribution in [3.63, 3.8) is 0 Å². The van der Waals surface area contributed by atoms with Crippen molar-refractivity contribution in [1.29, 1.82) is 0 Å². The number of anilines is 2. The van der Waals surface area contributed by atoms with Crippen molar-refractivity contribution in [2.75, 3.05) is 11.2 Å². The van der Waals surface area contributed by atoms with Crippen LogP contribution in [-0.2, 0) is 0 Å². The van der Waals surface area contributed by atoms with Crippen LogP contribution in [-0.4, -0.2) is 15.0 Å². The second-order valence-electron chi connectivity index (χ2n) is 4.64. The van der Waals surface area contributed by atoms with Gasteiger partial charge in [0.25, 0.3) is 0 Å². The first-order valence-corrected chi connectivity index (χ1v) is 6.62. The molecule has 0 fully saturated rings. The summed E-state index contributed by atoms with van der Waals surface area (Å²) in [6.07, 6.45) is 1.73. The number of benzene rings is 1. The molecule has 0 saturated heterocycles. The lowest BCUT2D eigenvalue weighted by molar-refractivity contribution is 1.19. The van der Waals surface area contributed by atoms with E-state index in [1.165, 1.54) is 0 Å². The summed E-state index contributed by atoms with van der Waals surface area (Å²) in [6.45, 7) is 1.91. The van der Waals surface area contributed by atoms with E-state index in [2.05, 4.69) is 20.4 Å². The maximum atomic E-state index is 5.96. The molecule has 0 bridgehead atoms. The average molecular weight is 301 g/mol. The molecule has 0 aliphatic carbocycles. The summed E-state index contributed by atoms with van der Waals surface area (Å²) < 4.78 is 0. The lowest BCUT2D eigenvalue weighted by Gasteiger charge is -2.08. The molecular formula is C14H13ClN6. The highest BCUT2D eigenvalue weighted by molar-refractivity contribution is 6.30. The number of hydrazine groups is 1. The molecule has 5 N–H and O–H groups in total. The fourth-order valence-corrected chi connectivity index (χ4v) is 2.26. The fraction of sp³-hybridized carbons (Fsp3) is 0.0714. The molecule has 0 radical (unpaired) electrons. The van der Waals surface area contributed by atoms with Crippen molar-refractivity contribution in [3.8, 4) is 11.1 Å². The van der Waals surface area contributed by atoms with Crippen molar-refractivity contribution < 1.29 is 0 Å². The molecule has 3 aromatic rings. The van der Waals surface area contributed by atoms with Gasteiger partial charge in [0.1, 0.15) is 5.15 Å². The topological polar surface area (TPSA) is 103 Å². The van der Waals surface area contributed by atoms with Crippen LogP contribution in [0.5, 0.6) is 0 Å². The number of nitrogens with one attached hydrogen (secondary N) is 1. The second-order valence-corrected chi connectivity index (χ2v) is 5.00. The third-order valence-electron chi connectivity index (χ3n) is 3.20. The highest BCUT2D eigenvalue weighted by Gasteiger charge is 2.08. The number of nitrogen functional groups attached to an aromatic ring is 2. The molecule has 0 saturated carbocycles. The number of nitrogens with two attached hydrogens (primary N) is 2. The van der Waals surface area contributed by atoms with Crippen molar-refractivity contribution in [2.24, 2.45) is 5.84 Å². The van der Waals surface area contributed by atoms with Crippen molar-refractivity contribution in [2.45, 2.75) is 6.92 Å². The van der Waals surface area contributed by atoms with Crippen LogP contribution in [0.1, 0.15) is 5.56 Å². The molecule has 2 heterocycles. The van der Waals surface area contributed by atoms with Crippen LogP contribution in [0, 0.1) is 6.92 Å². The number of fused-ring (bicyclic) bond motifs is 1. The van der Waals surface area contributed by atoms with Gasteiger partial charge in [0.15, 0.2) is 5.82 Å². The van der Waals surface area contributed by atoms with E-state index in [4.69, 9.17) is 23.2 Å². The van der Waals surface area contributed by atoms with E-state index in [9.17, 15) is 0 Å². The minimum Gasteiger partial charge on any atom is -0.368 e. The first-order valence-electron chi connectivity index (χ1n) is 6.25. The van der Waals surface area contributed by atoms with Crippen LogP contribution in [0.4, 0.5) is 11.8 Å². The third kappa shape index (κ3) is 2.46. The molecule has 0 amide bonds. The van der Waals surface area contributed by atoms with Crippen molar-refractivity contribution >= 4 is 34.3 Å². The zero-order valence-electron chi connectivity index (χ0n) is 11.3. The molecule has 7 heteroatoms. The molecule has 21 heavy (non-hydrogen) atoms. The molecule has 106 valence electrons. The number of nitrogens with zero attached hydrogens (tertiary/aromatic N) is 3. The first-order chi connectivity index (χ1) is 10.1. The SMILES string of the molecule is Cc1cc(-c2ccc3nc(N)nc(NN)c3c2)cnc1Cl. The lowest BCUT2D eigenvalue weighted by Crippen LogP contribution is -2.11. The maximum Gasteiger partial charge on any atom is 0.222 e. The number of aryl methyl sites for hydroxylation is 1. The Morgan fingerprint density at radius 3 is 2.67 bits per heavy atom. The predicted molar refractivity (Wildman–Crippen MR) is 84.7 cm³/mol. The van der Waals surface area contributed by atoms with Gasteiger partial charge in [-0.25, -0.2) is 15.8 Å². The largest absolute Gasteiger partial charge is 0.368 e. The monoisotopic (exact) mass is 300 g/mol. The number of rotatable bonds is 2. The number of pyridine rings is 1. The molecule has 0 aliphatic heterocycles. The summed E-state index contributed by atoms with van der Waals surface area (Å²) in [6, 6.07) is 7.73. The summed E-state index contributed by atoms with van der Waals surface area (Å²) in [4.78, 5) is 12.4. The molecule has 0 unspecified atom stereocenters. The minimum atomic E-state index is 0.173. The summed E-state index contributed by atoms with van der Waals surface area (Å²) in [5.41, 5.74) is 11.8. The third-order valence-corrected chi connectivity index (χ3v) is 3.59. The Bertz CT molecular complexity index is 833. The summed E-state index contributed by atoms with van der Waals surface area (Å²) in [5, 5.41) is 1.29. The fourth-order valence-electron chi connectivity index (χ4n) is 2.15. The second kappa shape index (κ2) is 5.16. The van der Waals surface area contributed by atoms with Crippen LogP contribution in [0.15, 0.2) is 30.5 Å². The van der Waals surface area contributed by atoms with Crippen LogP contribution >= 0.6 is 11.6 Å². The molecule has 0 spiro atoms. The highest BCUT2D eigenvalue weighted by atomic mass is 35.5. The van der Waals surface area contributed by atoms with Crippen LogP contribution in [0.2, 0.25) is 5.15 Å². The Morgan fingerprint density at radius 2 is 1.95 bits per heavy atom. The maximum absolute atomic E-state index is 5.96. The van der Waals surface area contributed by atoms with Crippen LogP contribution < -0.4 is 17.0 Å². The van der Waals surface area contributed by atoms with Gasteiger partial charge in [-0.2, -0.15) is 4.98 Å². The van der Waals surface area contributed by atoms with E-state index in [1.54, 1.807) is 6.20 Å². The van der Waals surface area contributed by atoms with Gasteiger partial charge in [-0.1, -0.05) is 17.7 Å².